The molecule has 12 heavy (non-hydrogen) atoms. The van der Waals surface area contributed by atoms with Gasteiger partial charge in [0.1, 0.15) is 0 Å². The molecule has 1 unspecified atom stereocenters. The van der Waals surface area contributed by atoms with Crippen molar-refractivity contribution in [2.45, 2.75) is 18.9 Å². The van der Waals surface area contributed by atoms with E-state index in [9.17, 15) is 4.79 Å². The Kier molecular flexibility index (Phi) is 3.25. The molecule has 0 aromatic rings. The molecule has 1 saturated heterocycles. The molecule has 4 nitrogen and oxygen atoms in total. The minimum atomic E-state index is -0.00468. The fourth-order valence-electron chi connectivity index (χ4n) is 1.44. The van der Waals surface area contributed by atoms with Crippen molar-refractivity contribution in [3.63, 3.8) is 0 Å². The summed E-state index contributed by atoms with van der Waals surface area (Å²) >= 11 is 0. The maximum atomic E-state index is 11.2. The lowest BCUT2D eigenvalue weighted by molar-refractivity contribution is -0.127. The first kappa shape index (κ1) is 9.22. The van der Waals surface area contributed by atoms with E-state index in [4.69, 9.17) is 5.84 Å². The summed E-state index contributed by atoms with van der Waals surface area (Å²) in [6.45, 7) is 4.96. The number of likely N-dealkylation sites (tertiary alicyclic amines) is 1. The van der Waals surface area contributed by atoms with E-state index in [1.807, 2.05) is 0 Å². The molecule has 1 aliphatic heterocycles. The second-order valence-electron chi connectivity index (χ2n) is 2.99. The molecule has 0 aliphatic carbocycles. The third-order valence-electron chi connectivity index (χ3n) is 2.14. The Hall–Kier alpha value is -0.870. The summed E-state index contributed by atoms with van der Waals surface area (Å²) < 4.78 is 0. The van der Waals surface area contributed by atoms with Gasteiger partial charge in [0.2, 0.25) is 5.91 Å². The van der Waals surface area contributed by atoms with Crippen LogP contribution in [0.4, 0.5) is 0 Å². The molecular weight excluding hydrogens is 154 g/mol. The van der Waals surface area contributed by atoms with Crippen LogP contribution in [0.15, 0.2) is 12.7 Å². The zero-order chi connectivity index (χ0) is 8.97. The predicted molar refractivity (Wildman–Crippen MR) is 47.1 cm³/mol. The summed E-state index contributed by atoms with van der Waals surface area (Å²) in [6, 6.07) is 0.239. The fourth-order valence-corrected chi connectivity index (χ4v) is 1.44. The van der Waals surface area contributed by atoms with Crippen molar-refractivity contribution < 1.29 is 4.79 Å². The van der Waals surface area contributed by atoms with E-state index in [1.54, 1.807) is 4.90 Å². The monoisotopic (exact) mass is 169 g/mol. The summed E-state index contributed by atoms with van der Waals surface area (Å²) in [7, 11) is 0. The van der Waals surface area contributed by atoms with Gasteiger partial charge in [0.25, 0.3) is 0 Å². The summed E-state index contributed by atoms with van der Waals surface area (Å²) in [5.41, 5.74) is 2.68. The Morgan fingerprint density at radius 3 is 3.08 bits per heavy atom. The van der Waals surface area contributed by atoms with Gasteiger partial charge < -0.3 is 4.90 Å². The van der Waals surface area contributed by atoms with Gasteiger partial charge in [-0.3, -0.25) is 16.1 Å². The van der Waals surface area contributed by atoms with Crippen molar-refractivity contribution in [2.24, 2.45) is 5.84 Å². The molecule has 0 bridgehead atoms. The van der Waals surface area contributed by atoms with Crippen molar-refractivity contribution in [2.75, 3.05) is 13.1 Å². The second kappa shape index (κ2) is 4.23. The van der Waals surface area contributed by atoms with Gasteiger partial charge in [0.15, 0.2) is 0 Å². The van der Waals surface area contributed by atoms with Crippen LogP contribution in [0.2, 0.25) is 0 Å². The normalized spacial score (nSPS) is 23.8. The summed E-state index contributed by atoms with van der Waals surface area (Å²) in [4.78, 5) is 12.9. The van der Waals surface area contributed by atoms with Crippen LogP contribution in [0.25, 0.3) is 0 Å². The smallest absolute Gasteiger partial charge is 0.246 e. The molecule has 1 fully saturated rings. The molecule has 4 heteroatoms. The first-order valence-electron chi connectivity index (χ1n) is 4.15. The standard InChI is InChI=1S/C8H15N3O/c1-2-8(12)11-5-3-4-7(6-11)10-9/h2,7,10H,1,3-6,9H2. The zero-order valence-electron chi connectivity index (χ0n) is 7.12. The molecule has 1 amide bonds. The molecule has 3 N–H and O–H groups in total. The number of nitrogens with two attached hydrogens (primary N) is 1. The largest absolute Gasteiger partial charge is 0.338 e. The lowest BCUT2D eigenvalue weighted by atomic mass is 10.1. The quantitative estimate of drug-likeness (QED) is 0.337. The predicted octanol–water partition coefficient (Wildman–Crippen LogP) is -0.373. The Balaban J connectivity index is 2.45. The van der Waals surface area contributed by atoms with Gasteiger partial charge >= 0.3 is 0 Å². The van der Waals surface area contributed by atoms with E-state index in [1.165, 1.54) is 6.08 Å². The SMILES string of the molecule is C=CC(=O)N1CCCC(NN)C1. The Morgan fingerprint density at radius 1 is 1.75 bits per heavy atom. The van der Waals surface area contributed by atoms with Crippen LogP contribution in [0, 0.1) is 0 Å². The molecule has 0 aromatic heterocycles. The lowest BCUT2D eigenvalue weighted by Crippen LogP contribution is -2.49. The van der Waals surface area contributed by atoms with E-state index in [2.05, 4.69) is 12.0 Å². The number of piperidine rings is 1. The number of hydrazine groups is 1. The Morgan fingerprint density at radius 2 is 2.50 bits per heavy atom. The molecule has 0 aromatic carbocycles. The molecule has 0 radical (unpaired) electrons. The molecular formula is C8H15N3O. The van der Waals surface area contributed by atoms with Gasteiger partial charge in [-0.25, -0.2) is 0 Å². The van der Waals surface area contributed by atoms with Crippen molar-refractivity contribution in [1.82, 2.24) is 10.3 Å². The van der Waals surface area contributed by atoms with Gasteiger partial charge in [0, 0.05) is 19.1 Å². The average molecular weight is 169 g/mol. The zero-order valence-corrected chi connectivity index (χ0v) is 7.12. The number of hydrogen-bond acceptors (Lipinski definition) is 3. The highest BCUT2D eigenvalue weighted by molar-refractivity contribution is 5.87. The number of carbonyl (C=O) groups excluding carboxylic acids is 1. The Bertz CT molecular complexity index is 181. The molecule has 1 aliphatic rings. The van der Waals surface area contributed by atoms with E-state index in [-0.39, 0.29) is 11.9 Å². The third-order valence-corrected chi connectivity index (χ3v) is 2.14. The van der Waals surface area contributed by atoms with Crippen molar-refractivity contribution in [1.29, 1.82) is 0 Å². The third kappa shape index (κ3) is 2.06. The van der Waals surface area contributed by atoms with Crippen LogP contribution in [0.5, 0.6) is 0 Å². The number of carbonyl (C=O) groups is 1. The van der Waals surface area contributed by atoms with Gasteiger partial charge in [-0.1, -0.05) is 6.58 Å². The highest BCUT2D eigenvalue weighted by Gasteiger charge is 2.20. The van der Waals surface area contributed by atoms with Crippen molar-refractivity contribution in [3.05, 3.63) is 12.7 Å². The van der Waals surface area contributed by atoms with Crippen LogP contribution < -0.4 is 11.3 Å². The van der Waals surface area contributed by atoms with Gasteiger partial charge in [-0.15, -0.1) is 0 Å². The summed E-state index contributed by atoms with van der Waals surface area (Å²) in [6.07, 6.45) is 3.39. The highest BCUT2D eigenvalue weighted by atomic mass is 16.2. The van der Waals surface area contributed by atoms with Crippen LogP contribution >= 0.6 is 0 Å². The number of nitrogens with one attached hydrogen (secondary N) is 1. The van der Waals surface area contributed by atoms with E-state index in [0.717, 1.165) is 19.4 Å². The second-order valence-corrected chi connectivity index (χ2v) is 2.99. The molecule has 0 spiro atoms. The van der Waals surface area contributed by atoms with E-state index in [0.29, 0.717) is 6.54 Å². The van der Waals surface area contributed by atoms with Crippen LogP contribution in [0.1, 0.15) is 12.8 Å². The summed E-state index contributed by atoms with van der Waals surface area (Å²) in [5, 5.41) is 0. The van der Waals surface area contributed by atoms with E-state index < -0.39 is 0 Å². The number of hydrogen-bond donors (Lipinski definition) is 2. The molecule has 1 rings (SSSR count). The summed E-state index contributed by atoms with van der Waals surface area (Å²) in [5.74, 6) is 5.29. The average Bonchev–Trinajstić information content (AvgIpc) is 2.17. The minimum Gasteiger partial charge on any atom is -0.338 e. The molecule has 68 valence electrons. The molecule has 1 heterocycles. The number of nitrogens with zero attached hydrogens (tertiary/aromatic N) is 1. The first-order chi connectivity index (χ1) is 5.77. The lowest BCUT2D eigenvalue weighted by Gasteiger charge is -2.31. The number of rotatable bonds is 2. The first-order valence-corrected chi connectivity index (χ1v) is 4.15. The van der Waals surface area contributed by atoms with Gasteiger partial charge in [-0.2, -0.15) is 0 Å². The Labute approximate surface area is 72.4 Å². The fraction of sp³-hybridized carbons (Fsp3) is 0.625. The van der Waals surface area contributed by atoms with Crippen molar-refractivity contribution >= 4 is 5.91 Å². The van der Waals surface area contributed by atoms with Gasteiger partial charge in [0.05, 0.1) is 0 Å². The van der Waals surface area contributed by atoms with Crippen LogP contribution in [0.3, 0.4) is 0 Å². The minimum absolute atomic E-state index is 0.00468. The maximum absolute atomic E-state index is 11.2. The van der Waals surface area contributed by atoms with Crippen LogP contribution in [-0.2, 0) is 4.79 Å². The maximum Gasteiger partial charge on any atom is 0.246 e. The molecule has 1 atom stereocenters. The van der Waals surface area contributed by atoms with Crippen molar-refractivity contribution in [3.8, 4) is 0 Å². The van der Waals surface area contributed by atoms with Gasteiger partial charge in [-0.05, 0) is 18.9 Å². The topological polar surface area (TPSA) is 58.4 Å². The highest BCUT2D eigenvalue weighted by Crippen LogP contribution is 2.09. The van der Waals surface area contributed by atoms with E-state index >= 15 is 0 Å². The van der Waals surface area contributed by atoms with Crippen LogP contribution in [-0.4, -0.2) is 29.9 Å². The number of amides is 1. The molecule has 0 saturated carbocycles.